The van der Waals surface area contributed by atoms with Crippen LogP contribution in [0.15, 0.2) is 77.7 Å². The topological polar surface area (TPSA) is 55.8 Å². The smallest absolute Gasteiger partial charge is 0.293 e. The van der Waals surface area contributed by atoms with E-state index in [1.54, 1.807) is 6.08 Å². The molecule has 2 amide bonds. The van der Waals surface area contributed by atoms with Crippen LogP contribution in [-0.2, 0) is 11.4 Å². The minimum absolute atomic E-state index is 0.181. The van der Waals surface area contributed by atoms with Crippen LogP contribution in [0.5, 0.6) is 11.5 Å². The van der Waals surface area contributed by atoms with Crippen molar-refractivity contribution in [2.45, 2.75) is 13.5 Å². The molecule has 0 unspecified atom stereocenters. The lowest BCUT2D eigenvalue weighted by Gasteiger charge is -2.13. The summed E-state index contributed by atoms with van der Waals surface area (Å²) in [6.45, 7) is 2.68. The Morgan fingerprint density at radius 1 is 0.970 bits per heavy atom. The van der Waals surface area contributed by atoms with Crippen LogP contribution in [0.1, 0.15) is 16.7 Å². The third-order valence-electron chi connectivity index (χ3n) is 4.99. The summed E-state index contributed by atoms with van der Waals surface area (Å²) in [4.78, 5) is 26.9. The van der Waals surface area contributed by atoms with Crippen molar-refractivity contribution in [3.8, 4) is 11.5 Å². The van der Waals surface area contributed by atoms with Gasteiger partial charge in [0.2, 0.25) is 0 Å². The first-order chi connectivity index (χ1) is 16.0. The largest absolute Gasteiger partial charge is 0.492 e. The summed E-state index contributed by atoms with van der Waals surface area (Å²) in [5, 5.41) is 0.317. The number of rotatable bonds is 8. The molecule has 5 nitrogen and oxygen atoms in total. The summed E-state index contributed by atoms with van der Waals surface area (Å²) in [5.74, 6) is 0.979. The van der Waals surface area contributed by atoms with E-state index in [0.29, 0.717) is 33.6 Å². The number of carbonyl (C=O) groups excluding carboxylic acids is 2. The van der Waals surface area contributed by atoms with Gasteiger partial charge in [0, 0.05) is 16.1 Å². The van der Waals surface area contributed by atoms with Gasteiger partial charge in [-0.05, 0) is 54.6 Å². The lowest BCUT2D eigenvalue weighted by atomic mass is 10.1. The lowest BCUT2D eigenvalue weighted by Crippen LogP contribution is -2.32. The van der Waals surface area contributed by atoms with Crippen molar-refractivity contribution >= 4 is 40.6 Å². The van der Waals surface area contributed by atoms with Crippen LogP contribution in [-0.4, -0.2) is 29.2 Å². The molecule has 1 aliphatic heterocycles. The third kappa shape index (κ3) is 5.78. The number of hydrogen-bond acceptors (Lipinski definition) is 5. The molecule has 0 radical (unpaired) electrons. The van der Waals surface area contributed by atoms with Crippen LogP contribution in [0.3, 0.4) is 0 Å². The second-order valence-corrected chi connectivity index (χ2v) is 8.82. The summed E-state index contributed by atoms with van der Waals surface area (Å²) >= 11 is 7.13. The van der Waals surface area contributed by atoms with Gasteiger partial charge in [0.05, 0.1) is 11.4 Å². The zero-order valence-corrected chi connectivity index (χ0v) is 19.6. The van der Waals surface area contributed by atoms with E-state index in [4.69, 9.17) is 21.1 Å². The van der Waals surface area contributed by atoms with Crippen LogP contribution < -0.4 is 9.47 Å². The van der Waals surface area contributed by atoms with Crippen LogP contribution >= 0.6 is 23.4 Å². The Hall–Kier alpha value is -3.22. The van der Waals surface area contributed by atoms with Crippen molar-refractivity contribution < 1.29 is 19.1 Å². The molecule has 168 valence electrons. The summed E-state index contributed by atoms with van der Waals surface area (Å²) < 4.78 is 11.7. The number of carbonyl (C=O) groups is 2. The Labute approximate surface area is 202 Å². The fourth-order valence-corrected chi connectivity index (χ4v) is 4.34. The van der Waals surface area contributed by atoms with Gasteiger partial charge in [-0.15, -0.1) is 0 Å². The first-order valence-corrected chi connectivity index (χ1v) is 11.6. The van der Waals surface area contributed by atoms with Crippen molar-refractivity contribution in [3.05, 3.63) is 99.4 Å². The number of aryl methyl sites for hydroxylation is 1. The van der Waals surface area contributed by atoms with Gasteiger partial charge in [0.1, 0.15) is 24.7 Å². The van der Waals surface area contributed by atoms with Crippen molar-refractivity contribution in [3.63, 3.8) is 0 Å². The fraction of sp³-hybridized carbons (Fsp3) is 0.154. The quantitative estimate of drug-likeness (QED) is 0.353. The number of thioether (sulfide) groups is 1. The van der Waals surface area contributed by atoms with E-state index in [9.17, 15) is 9.59 Å². The lowest BCUT2D eigenvalue weighted by molar-refractivity contribution is -0.123. The van der Waals surface area contributed by atoms with Gasteiger partial charge in [0.25, 0.3) is 11.1 Å². The molecule has 0 aliphatic carbocycles. The standard InChI is InChI=1S/C26H22ClNO4S/c1-18-7-6-10-21(15-18)31-14-13-28-25(29)24(33-26(28)30)16-19-8-3-5-12-23(19)32-17-20-9-2-4-11-22(20)27/h2-12,15-16H,13-14,17H2,1H3/b24-16-. The molecule has 0 aromatic heterocycles. The molecular formula is C26H22ClNO4S. The third-order valence-corrected chi connectivity index (χ3v) is 6.27. The Bertz CT molecular complexity index is 1210. The van der Waals surface area contributed by atoms with Crippen molar-refractivity contribution in [2.75, 3.05) is 13.2 Å². The van der Waals surface area contributed by atoms with Crippen LogP contribution in [0.25, 0.3) is 6.08 Å². The predicted molar refractivity (Wildman–Crippen MR) is 132 cm³/mol. The monoisotopic (exact) mass is 479 g/mol. The average Bonchev–Trinajstić information content (AvgIpc) is 3.07. The van der Waals surface area contributed by atoms with Gasteiger partial charge < -0.3 is 9.47 Å². The predicted octanol–water partition coefficient (Wildman–Crippen LogP) is 6.34. The van der Waals surface area contributed by atoms with Crippen molar-refractivity contribution in [1.82, 2.24) is 4.90 Å². The summed E-state index contributed by atoms with van der Waals surface area (Å²) in [5.41, 5.74) is 2.66. The maximum absolute atomic E-state index is 12.9. The van der Waals surface area contributed by atoms with Gasteiger partial charge >= 0.3 is 0 Å². The molecule has 0 spiro atoms. The highest BCUT2D eigenvalue weighted by atomic mass is 35.5. The zero-order chi connectivity index (χ0) is 23.2. The van der Waals surface area contributed by atoms with Crippen molar-refractivity contribution in [1.29, 1.82) is 0 Å². The number of hydrogen-bond donors (Lipinski definition) is 0. The minimum Gasteiger partial charge on any atom is -0.492 e. The number of imide groups is 1. The van der Waals surface area contributed by atoms with E-state index in [1.165, 1.54) is 4.90 Å². The molecular weight excluding hydrogens is 458 g/mol. The van der Waals surface area contributed by atoms with E-state index in [1.807, 2.05) is 79.7 Å². The van der Waals surface area contributed by atoms with Crippen LogP contribution in [0.2, 0.25) is 5.02 Å². The van der Waals surface area contributed by atoms with E-state index >= 15 is 0 Å². The summed E-state index contributed by atoms with van der Waals surface area (Å²) in [6.07, 6.45) is 1.69. The SMILES string of the molecule is Cc1cccc(OCCN2C(=O)S/C(=C\c3ccccc3OCc3ccccc3Cl)C2=O)c1. The highest BCUT2D eigenvalue weighted by molar-refractivity contribution is 8.18. The number of halogens is 1. The molecule has 0 bridgehead atoms. The van der Waals surface area contributed by atoms with E-state index in [2.05, 4.69) is 0 Å². The fourth-order valence-electron chi connectivity index (χ4n) is 3.30. The minimum atomic E-state index is -0.334. The Balaban J connectivity index is 1.42. The van der Waals surface area contributed by atoms with Crippen LogP contribution in [0, 0.1) is 6.92 Å². The van der Waals surface area contributed by atoms with Gasteiger partial charge in [-0.3, -0.25) is 14.5 Å². The van der Waals surface area contributed by atoms with E-state index < -0.39 is 0 Å². The molecule has 1 aliphatic rings. The highest BCUT2D eigenvalue weighted by Crippen LogP contribution is 2.34. The highest BCUT2D eigenvalue weighted by Gasteiger charge is 2.35. The molecule has 0 atom stereocenters. The molecule has 0 saturated carbocycles. The van der Waals surface area contributed by atoms with Crippen molar-refractivity contribution in [2.24, 2.45) is 0 Å². The maximum atomic E-state index is 12.9. The molecule has 3 aromatic rings. The number of nitrogens with zero attached hydrogens (tertiary/aromatic N) is 1. The first kappa shape index (κ1) is 23.0. The number of amides is 2. The molecule has 7 heteroatoms. The Morgan fingerprint density at radius 2 is 1.76 bits per heavy atom. The number of benzene rings is 3. The maximum Gasteiger partial charge on any atom is 0.293 e. The van der Waals surface area contributed by atoms with Crippen LogP contribution in [0.4, 0.5) is 4.79 Å². The van der Waals surface area contributed by atoms with E-state index in [0.717, 1.165) is 22.9 Å². The molecule has 3 aromatic carbocycles. The Morgan fingerprint density at radius 3 is 2.58 bits per heavy atom. The first-order valence-electron chi connectivity index (χ1n) is 10.4. The molecule has 33 heavy (non-hydrogen) atoms. The Kier molecular flexibility index (Phi) is 7.37. The molecule has 1 saturated heterocycles. The van der Waals surface area contributed by atoms with Gasteiger partial charge in [-0.1, -0.05) is 60.1 Å². The molecule has 0 N–H and O–H groups in total. The zero-order valence-electron chi connectivity index (χ0n) is 18.0. The normalized spacial score (nSPS) is 14.7. The second-order valence-electron chi connectivity index (χ2n) is 7.42. The molecule has 1 heterocycles. The molecule has 1 fully saturated rings. The van der Waals surface area contributed by atoms with E-state index in [-0.39, 0.29) is 24.3 Å². The number of para-hydroxylation sites is 1. The van der Waals surface area contributed by atoms with Gasteiger partial charge in [-0.2, -0.15) is 0 Å². The molecule has 4 rings (SSSR count). The summed E-state index contributed by atoms with van der Waals surface area (Å²) in [6, 6.07) is 22.5. The summed E-state index contributed by atoms with van der Waals surface area (Å²) in [7, 11) is 0. The van der Waals surface area contributed by atoms with Gasteiger partial charge in [-0.25, -0.2) is 0 Å². The number of ether oxygens (including phenoxy) is 2. The second kappa shape index (κ2) is 10.6. The average molecular weight is 480 g/mol. The van der Waals surface area contributed by atoms with Gasteiger partial charge in [0.15, 0.2) is 0 Å².